The van der Waals surface area contributed by atoms with E-state index in [1.807, 2.05) is 0 Å². The van der Waals surface area contributed by atoms with Gasteiger partial charge in [-0.2, -0.15) is 8.42 Å². The van der Waals surface area contributed by atoms with Crippen molar-refractivity contribution < 1.29 is 36.0 Å². The summed E-state index contributed by atoms with van der Waals surface area (Å²) in [4.78, 5) is 7.58. The minimum Gasteiger partial charge on any atom is -0.389 e. The molecule has 154 valence electrons. The van der Waals surface area contributed by atoms with Crippen LogP contribution in [-0.4, -0.2) is 56.2 Å². The van der Waals surface area contributed by atoms with Gasteiger partial charge in [-0.05, 0) is 24.3 Å². The third kappa shape index (κ3) is 6.24. The van der Waals surface area contributed by atoms with Crippen LogP contribution in [0, 0.1) is 11.6 Å². The summed E-state index contributed by atoms with van der Waals surface area (Å²) in [7, 11) is -1.69. The number of pyridine rings is 2. The molecule has 2 heterocycles. The highest BCUT2D eigenvalue weighted by molar-refractivity contribution is 7.86. The van der Waals surface area contributed by atoms with Gasteiger partial charge in [-0.15, -0.1) is 0 Å². The Morgan fingerprint density at radius 2 is 1.61 bits per heavy atom. The van der Waals surface area contributed by atoms with Crippen LogP contribution in [0.15, 0.2) is 36.7 Å². The van der Waals surface area contributed by atoms with Crippen LogP contribution in [0.4, 0.5) is 8.78 Å². The Morgan fingerprint density at radius 1 is 1.04 bits per heavy atom. The highest BCUT2D eigenvalue weighted by Crippen LogP contribution is 2.23. The zero-order chi connectivity index (χ0) is 20.7. The second kappa shape index (κ2) is 9.94. The lowest BCUT2D eigenvalue weighted by Gasteiger charge is -2.22. The zero-order valence-electron chi connectivity index (χ0n) is 15.2. The van der Waals surface area contributed by atoms with Gasteiger partial charge in [0.05, 0.1) is 30.4 Å². The van der Waals surface area contributed by atoms with E-state index in [9.17, 15) is 22.3 Å². The van der Waals surface area contributed by atoms with Gasteiger partial charge in [0.2, 0.25) is 0 Å². The molecule has 3 atom stereocenters. The van der Waals surface area contributed by atoms with Gasteiger partial charge < -0.3 is 14.6 Å². The summed E-state index contributed by atoms with van der Waals surface area (Å²) >= 11 is 0. The average Bonchev–Trinajstić information content (AvgIpc) is 2.63. The first-order valence-corrected chi connectivity index (χ1v) is 9.67. The lowest BCUT2D eigenvalue weighted by molar-refractivity contribution is -0.00628. The maximum Gasteiger partial charge on any atom is 0.270 e. The van der Waals surface area contributed by atoms with E-state index in [2.05, 4.69) is 9.97 Å². The molecule has 0 aliphatic carbocycles. The Labute approximate surface area is 161 Å². The number of aliphatic hydroxyl groups is 1. The summed E-state index contributed by atoms with van der Waals surface area (Å²) in [5.74, 6) is -2.00. The molecule has 0 bridgehead atoms. The molecule has 2 aromatic heterocycles. The fourth-order valence-corrected chi connectivity index (χ4v) is 3.61. The van der Waals surface area contributed by atoms with Crippen LogP contribution in [0.25, 0.3) is 0 Å². The Kier molecular flexibility index (Phi) is 7.89. The van der Waals surface area contributed by atoms with Crippen molar-refractivity contribution in [1.29, 1.82) is 0 Å². The number of aromatic nitrogens is 2. The summed E-state index contributed by atoms with van der Waals surface area (Å²) in [6, 6.07) is 4.76. The summed E-state index contributed by atoms with van der Waals surface area (Å²) in [5, 5.41) is 10.3. The number of hydrogen-bond donors (Lipinski definition) is 1. The summed E-state index contributed by atoms with van der Waals surface area (Å²) in [6.07, 6.45) is -1.95. The van der Waals surface area contributed by atoms with E-state index >= 15 is 0 Å². The molecule has 0 radical (unpaired) electrons. The molecule has 0 fully saturated rings. The Bertz CT molecular complexity index is 849. The van der Waals surface area contributed by atoms with Crippen molar-refractivity contribution >= 4 is 10.1 Å². The molecule has 11 heteroatoms. The standard InChI is InChI=1S/C17H20F2N2O6S/c1-25-9-16(13-5-3-11(18)7-20-13)27-28(23,24)10-15(22)17(26-2)14-6-4-12(19)8-21-14/h3-8,15-17,22H,9-10H2,1-2H3. The highest BCUT2D eigenvalue weighted by Gasteiger charge is 2.31. The molecule has 0 aromatic carbocycles. The second-order valence-electron chi connectivity index (χ2n) is 5.79. The number of rotatable bonds is 10. The van der Waals surface area contributed by atoms with E-state index in [1.54, 1.807) is 0 Å². The summed E-state index contributed by atoms with van der Waals surface area (Å²) in [6.45, 7) is -0.165. The normalized spacial score (nSPS) is 15.2. The van der Waals surface area contributed by atoms with Crippen LogP contribution < -0.4 is 0 Å². The molecule has 0 spiro atoms. The van der Waals surface area contributed by atoms with Gasteiger partial charge in [0.1, 0.15) is 35.7 Å². The minimum atomic E-state index is -4.28. The molecule has 2 rings (SSSR count). The third-order valence-electron chi connectivity index (χ3n) is 3.68. The van der Waals surface area contributed by atoms with Gasteiger partial charge in [0.15, 0.2) is 0 Å². The van der Waals surface area contributed by atoms with E-state index in [0.717, 1.165) is 24.5 Å². The van der Waals surface area contributed by atoms with Crippen molar-refractivity contribution in [2.75, 3.05) is 26.6 Å². The van der Waals surface area contributed by atoms with Crippen molar-refractivity contribution in [2.24, 2.45) is 0 Å². The van der Waals surface area contributed by atoms with Gasteiger partial charge in [-0.25, -0.2) is 8.78 Å². The minimum absolute atomic E-state index is 0.143. The molecular weight excluding hydrogens is 398 g/mol. The molecule has 0 amide bonds. The van der Waals surface area contributed by atoms with Gasteiger partial charge in [0, 0.05) is 14.2 Å². The third-order valence-corrected chi connectivity index (χ3v) is 4.96. The fraction of sp³-hybridized carbons (Fsp3) is 0.412. The number of aliphatic hydroxyl groups excluding tert-OH is 1. The molecule has 0 saturated heterocycles. The number of nitrogens with zero attached hydrogens (tertiary/aromatic N) is 2. The van der Waals surface area contributed by atoms with Crippen LogP contribution in [0.3, 0.4) is 0 Å². The number of methoxy groups -OCH3 is 2. The lowest BCUT2D eigenvalue weighted by atomic mass is 10.1. The first-order chi connectivity index (χ1) is 13.3. The van der Waals surface area contributed by atoms with E-state index in [0.29, 0.717) is 0 Å². The van der Waals surface area contributed by atoms with Gasteiger partial charge >= 0.3 is 0 Å². The summed E-state index contributed by atoms with van der Waals surface area (Å²) < 4.78 is 66.0. The smallest absolute Gasteiger partial charge is 0.270 e. The van der Waals surface area contributed by atoms with Crippen molar-refractivity contribution in [3.8, 4) is 0 Å². The average molecular weight is 418 g/mol. The number of halogens is 2. The van der Waals surface area contributed by atoms with Gasteiger partial charge in [0.25, 0.3) is 10.1 Å². The molecule has 0 aliphatic heterocycles. The highest BCUT2D eigenvalue weighted by atomic mass is 32.2. The molecule has 0 saturated carbocycles. The maximum absolute atomic E-state index is 13.0. The van der Waals surface area contributed by atoms with Crippen LogP contribution in [0.5, 0.6) is 0 Å². The first-order valence-electron chi connectivity index (χ1n) is 8.09. The zero-order valence-corrected chi connectivity index (χ0v) is 16.0. The van der Waals surface area contributed by atoms with Crippen molar-refractivity contribution in [3.63, 3.8) is 0 Å². The van der Waals surface area contributed by atoms with Crippen LogP contribution in [0.1, 0.15) is 23.6 Å². The predicted molar refractivity (Wildman–Crippen MR) is 93.6 cm³/mol. The molecule has 1 N–H and O–H groups in total. The Hall–Kier alpha value is -2.05. The first kappa shape index (κ1) is 22.2. The van der Waals surface area contributed by atoms with Crippen LogP contribution in [0.2, 0.25) is 0 Å². The monoisotopic (exact) mass is 418 g/mol. The largest absolute Gasteiger partial charge is 0.389 e. The van der Waals surface area contributed by atoms with Crippen LogP contribution >= 0.6 is 0 Å². The maximum atomic E-state index is 13.0. The molecule has 2 aromatic rings. The Balaban J connectivity index is 2.13. The molecule has 0 aliphatic rings. The van der Waals surface area contributed by atoms with Crippen molar-refractivity contribution in [3.05, 3.63) is 59.7 Å². The Morgan fingerprint density at radius 3 is 2.07 bits per heavy atom. The van der Waals surface area contributed by atoms with Crippen LogP contribution in [-0.2, 0) is 23.8 Å². The van der Waals surface area contributed by atoms with E-state index in [1.165, 1.54) is 26.4 Å². The molecule has 3 unspecified atom stereocenters. The van der Waals surface area contributed by atoms with E-state index in [-0.39, 0.29) is 18.0 Å². The topological polar surface area (TPSA) is 108 Å². The van der Waals surface area contributed by atoms with Gasteiger partial charge in [-0.3, -0.25) is 14.2 Å². The van der Waals surface area contributed by atoms with E-state index < -0.39 is 45.8 Å². The lowest BCUT2D eigenvalue weighted by Crippen LogP contribution is -2.31. The van der Waals surface area contributed by atoms with Crippen molar-refractivity contribution in [1.82, 2.24) is 9.97 Å². The predicted octanol–water partition coefficient (Wildman–Crippen LogP) is 1.54. The summed E-state index contributed by atoms with van der Waals surface area (Å²) in [5.41, 5.74) is 0.296. The fourth-order valence-electron chi connectivity index (χ4n) is 2.43. The van der Waals surface area contributed by atoms with E-state index in [4.69, 9.17) is 13.7 Å². The SMILES string of the molecule is COCC(OS(=O)(=O)CC(O)C(OC)c1ccc(F)cn1)c1ccc(F)cn1. The number of hydrogen-bond acceptors (Lipinski definition) is 8. The molecule has 8 nitrogen and oxygen atoms in total. The van der Waals surface area contributed by atoms with Gasteiger partial charge in [-0.1, -0.05) is 0 Å². The second-order valence-corrected chi connectivity index (χ2v) is 7.43. The quantitative estimate of drug-likeness (QED) is 0.579. The molecular formula is C17H20F2N2O6S. The molecule has 28 heavy (non-hydrogen) atoms. The number of ether oxygens (including phenoxy) is 2. The van der Waals surface area contributed by atoms with Crippen molar-refractivity contribution in [2.45, 2.75) is 18.3 Å².